The first-order valence-electron chi connectivity index (χ1n) is 9.84. The highest BCUT2D eigenvalue weighted by Gasteiger charge is 2.35. The van der Waals surface area contributed by atoms with Gasteiger partial charge in [0, 0.05) is 53.5 Å². The molecule has 7 nitrogen and oxygen atoms in total. The van der Waals surface area contributed by atoms with E-state index in [1.807, 2.05) is 47.1 Å². The molecule has 31 heavy (non-hydrogen) atoms. The third kappa shape index (κ3) is 3.87. The summed E-state index contributed by atoms with van der Waals surface area (Å²) in [6.07, 6.45) is 5.68. The van der Waals surface area contributed by atoms with Gasteiger partial charge in [-0.2, -0.15) is 0 Å². The van der Waals surface area contributed by atoms with Crippen molar-refractivity contribution in [3.8, 4) is 11.3 Å². The normalized spacial score (nSPS) is 16.1. The van der Waals surface area contributed by atoms with Crippen molar-refractivity contribution in [2.24, 2.45) is 5.92 Å². The lowest BCUT2D eigenvalue weighted by Gasteiger charge is -2.16. The second-order valence-corrected chi connectivity index (χ2v) is 7.84. The molecule has 154 valence electrons. The predicted molar refractivity (Wildman–Crippen MR) is 119 cm³/mol. The number of halogens is 1. The first-order valence-corrected chi connectivity index (χ1v) is 10.2. The molecule has 0 unspecified atom stereocenters. The molecule has 1 saturated heterocycles. The van der Waals surface area contributed by atoms with Crippen molar-refractivity contribution in [2.75, 3.05) is 16.8 Å². The number of carbonyl (C=O) groups is 2. The molecular weight excluding hydrogens is 414 g/mol. The van der Waals surface area contributed by atoms with Crippen molar-refractivity contribution in [1.82, 2.24) is 14.4 Å². The van der Waals surface area contributed by atoms with Crippen molar-refractivity contribution >= 4 is 40.6 Å². The molecule has 3 heterocycles. The fraction of sp³-hybridized carbons (Fsp3) is 0.130. The number of nitrogens with one attached hydrogen (secondary N) is 1. The van der Waals surface area contributed by atoms with E-state index in [0.29, 0.717) is 23.0 Å². The van der Waals surface area contributed by atoms with Gasteiger partial charge in [0.15, 0.2) is 0 Å². The van der Waals surface area contributed by atoms with E-state index in [-0.39, 0.29) is 18.2 Å². The minimum Gasteiger partial charge on any atom is -0.326 e. The Morgan fingerprint density at radius 1 is 1.10 bits per heavy atom. The van der Waals surface area contributed by atoms with E-state index in [2.05, 4.69) is 15.3 Å². The Morgan fingerprint density at radius 3 is 2.61 bits per heavy atom. The highest BCUT2D eigenvalue weighted by Crippen LogP contribution is 2.27. The Labute approximate surface area is 183 Å². The fourth-order valence-corrected chi connectivity index (χ4v) is 3.82. The molecule has 2 aromatic heterocycles. The number of nitrogens with zero attached hydrogens (tertiary/aromatic N) is 4. The van der Waals surface area contributed by atoms with Crippen LogP contribution >= 0.6 is 11.6 Å². The number of amides is 2. The highest BCUT2D eigenvalue weighted by molar-refractivity contribution is 6.30. The third-order valence-electron chi connectivity index (χ3n) is 5.32. The van der Waals surface area contributed by atoms with Crippen LogP contribution in [0.3, 0.4) is 0 Å². The predicted octanol–water partition coefficient (Wildman–Crippen LogP) is 4.04. The summed E-state index contributed by atoms with van der Waals surface area (Å²) in [5.41, 5.74) is 3.15. The summed E-state index contributed by atoms with van der Waals surface area (Å²) in [5.74, 6) is -0.0221. The van der Waals surface area contributed by atoms with Crippen LogP contribution in [0.2, 0.25) is 5.02 Å². The van der Waals surface area contributed by atoms with Gasteiger partial charge in [-0.05, 0) is 42.5 Å². The number of carbonyl (C=O) groups excluding carboxylic acids is 2. The van der Waals surface area contributed by atoms with Crippen LogP contribution in [-0.4, -0.2) is 32.7 Å². The number of benzene rings is 2. The molecule has 0 saturated carbocycles. The van der Waals surface area contributed by atoms with Crippen LogP contribution in [0, 0.1) is 5.92 Å². The molecule has 8 heteroatoms. The number of imidazole rings is 1. The summed E-state index contributed by atoms with van der Waals surface area (Å²) < 4.78 is 1.86. The molecular formula is C23H18ClN5O2. The van der Waals surface area contributed by atoms with E-state index in [9.17, 15) is 9.59 Å². The minimum absolute atomic E-state index is 0.0710. The summed E-state index contributed by atoms with van der Waals surface area (Å²) in [6, 6.07) is 16.4. The van der Waals surface area contributed by atoms with E-state index < -0.39 is 5.92 Å². The Kier molecular flexibility index (Phi) is 4.88. The van der Waals surface area contributed by atoms with E-state index in [1.165, 1.54) is 0 Å². The van der Waals surface area contributed by atoms with Crippen molar-refractivity contribution < 1.29 is 9.59 Å². The number of hydrogen-bond acceptors (Lipinski definition) is 4. The van der Waals surface area contributed by atoms with Gasteiger partial charge in [-0.25, -0.2) is 9.97 Å². The minimum atomic E-state index is -0.410. The number of aromatic nitrogens is 3. The second kappa shape index (κ2) is 7.85. The summed E-state index contributed by atoms with van der Waals surface area (Å²) in [7, 11) is 0. The molecule has 0 aliphatic carbocycles. The zero-order valence-electron chi connectivity index (χ0n) is 16.4. The van der Waals surface area contributed by atoms with Crippen molar-refractivity contribution in [2.45, 2.75) is 6.42 Å². The average Bonchev–Trinajstić information content (AvgIpc) is 3.39. The molecule has 0 spiro atoms. The van der Waals surface area contributed by atoms with Crippen molar-refractivity contribution in [1.29, 1.82) is 0 Å². The lowest BCUT2D eigenvalue weighted by atomic mass is 10.1. The zero-order chi connectivity index (χ0) is 21.4. The van der Waals surface area contributed by atoms with Crippen LogP contribution < -0.4 is 10.2 Å². The van der Waals surface area contributed by atoms with E-state index in [0.717, 1.165) is 16.9 Å². The van der Waals surface area contributed by atoms with Crippen molar-refractivity contribution in [3.05, 3.63) is 78.2 Å². The Hall–Kier alpha value is -3.71. The number of fused-ring (bicyclic) bond motifs is 1. The van der Waals surface area contributed by atoms with Crippen LogP contribution in [0.25, 0.3) is 17.0 Å². The molecule has 0 radical (unpaired) electrons. The number of rotatable bonds is 4. The van der Waals surface area contributed by atoms with Gasteiger partial charge in [0.05, 0.1) is 11.6 Å². The van der Waals surface area contributed by atoms with Crippen LogP contribution in [0.1, 0.15) is 6.42 Å². The van der Waals surface area contributed by atoms with Gasteiger partial charge >= 0.3 is 0 Å². The molecule has 1 fully saturated rings. The number of anilines is 2. The lowest BCUT2D eigenvalue weighted by molar-refractivity contribution is -0.122. The van der Waals surface area contributed by atoms with Crippen LogP contribution in [0.4, 0.5) is 11.4 Å². The van der Waals surface area contributed by atoms with Crippen LogP contribution in [-0.2, 0) is 9.59 Å². The topological polar surface area (TPSA) is 79.6 Å². The van der Waals surface area contributed by atoms with Gasteiger partial charge in [0.2, 0.25) is 17.6 Å². The van der Waals surface area contributed by atoms with Crippen LogP contribution in [0.15, 0.2) is 73.2 Å². The molecule has 1 aliphatic heterocycles. The van der Waals surface area contributed by atoms with Crippen LogP contribution in [0.5, 0.6) is 0 Å². The highest BCUT2D eigenvalue weighted by atomic mass is 35.5. The first-order chi connectivity index (χ1) is 15.1. The Balaban J connectivity index is 1.26. The summed E-state index contributed by atoms with van der Waals surface area (Å²) in [4.78, 5) is 35.5. The summed E-state index contributed by atoms with van der Waals surface area (Å²) in [6.45, 7) is 0.346. The van der Waals surface area contributed by atoms with Crippen molar-refractivity contribution in [3.63, 3.8) is 0 Å². The maximum atomic E-state index is 12.7. The molecule has 0 bridgehead atoms. The molecule has 2 amide bonds. The van der Waals surface area contributed by atoms with E-state index in [1.54, 1.807) is 35.4 Å². The van der Waals surface area contributed by atoms with Gasteiger partial charge in [0.25, 0.3) is 0 Å². The van der Waals surface area contributed by atoms with Gasteiger partial charge < -0.3 is 10.2 Å². The largest absolute Gasteiger partial charge is 0.326 e. The Bertz CT molecular complexity index is 1230. The molecule has 1 atom stereocenters. The summed E-state index contributed by atoms with van der Waals surface area (Å²) in [5, 5.41) is 3.52. The molecule has 4 aromatic rings. The molecule has 1 aliphatic rings. The van der Waals surface area contributed by atoms with E-state index >= 15 is 0 Å². The molecule has 5 rings (SSSR count). The van der Waals surface area contributed by atoms with Gasteiger partial charge in [-0.15, -0.1) is 0 Å². The second-order valence-electron chi connectivity index (χ2n) is 7.40. The summed E-state index contributed by atoms with van der Waals surface area (Å²) >= 11 is 5.92. The zero-order valence-corrected chi connectivity index (χ0v) is 17.2. The fourth-order valence-electron chi connectivity index (χ4n) is 3.69. The van der Waals surface area contributed by atoms with Gasteiger partial charge in [0.1, 0.15) is 0 Å². The standard InChI is InChI=1S/C23H18ClN5O2/c24-17-4-8-19(9-5-17)29-13-16(12-21(29)30)22(31)26-18-6-2-15(3-7-18)20-14-28-11-1-10-25-23(28)27-20/h1-11,14,16H,12-13H2,(H,26,31)/t16-/m0/s1. The average molecular weight is 432 g/mol. The lowest BCUT2D eigenvalue weighted by Crippen LogP contribution is -2.28. The van der Waals surface area contributed by atoms with Gasteiger partial charge in [-0.3, -0.25) is 14.0 Å². The first kappa shape index (κ1) is 19.3. The Morgan fingerprint density at radius 2 is 1.87 bits per heavy atom. The maximum Gasteiger partial charge on any atom is 0.234 e. The maximum absolute atomic E-state index is 12.7. The molecule has 2 aromatic carbocycles. The van der Waals surface area contributed by atoms with Gasteiger partial charge in [-0.1, -0.05) is 23.7 Å². The quantitative estimate of drug-likeness (QED) is 0.528. The smallest absolute Gasteiger partial charge is 0.234 e. The third-order valence-corrected chi connectivity index (χ3v) is 5.57. The SMILES string of the molecule is O=C(Nc1ccc(-c2cn3cccnc3n2)cc1)[C@H]1CC(=O)N(c2ccc(Cl)cc2)C1. The monoisotopic (exact) mass is 431 g/mol. The van der Waals surface area contributed by atoms with E-state index in [4.69, 9.17) is 11.6 Å². The number of hydrogen-bond donors (Lipinski definition) is 1. The molecule has 1 N–H and O–H groups in total.